The van der Waals surface area contributed by atoms with E-state index in [0.717, 1.165) is 21.1 Å². The van der Waals surface area contributed by atoms with E-state index in [1.54, 1.807) is 22.7 Å². The van der Waals surface area contributed by atoms with Gasteiger partial charge in [0.05, 0.1) is 21.1 Å². The topological polar surface area (TPSA) is 25.8 Å². The van der Waals surface area contributed by atoms with E-state index in [2.05, 4.69) is 9.97 Å². The van der Waals surface area contributed by atoms with Crippen LogP contribution in [0.25, 0.3) is 21.1 Å². The van der Waals surface area contributed by atoms with Gasteiger partial charge in [-0.25, -0.2) is 9.97 Å². The number of thiophene rings is 2. The predicted octanol–water partition coefficient (Wildman–Crippen LogP) is 4.59. The van der Waals surface area contributed by atoms with Crippen molar-refractivity contribution < 1.29 is 0 Å². The summed E-state index contributed by atoms with van der Waals surface area (Å²) in [6.07, 6.45) is 0. The lowest BCUT2D eigenvalue weighted by atomic mass is 10.2. The van der Waals surface area contributed by atoms with Gasteiger partial charge in [-0.1, -0.05) is 12.1 Å². The van der Waals surface area contributed by atoms with Crippen molar-refractivity contribution >= 4 is 34.3 Å². The Kier molecular flexibility index (Phi) is 2.93. The van der Waals surface area contributed by atoms with E-state index in [4.69, 9.17) is 11.6 Å². The van der Waals surface area contributed by atoms with E-state index < -0.39 is 0 Å². The normalized spacial score (nSPS) is 10.6. The standard InChI is InChI=1S/C12H7ClN2S2/c13-12-14-8(10-3-1-5-16-10)7-9(15-12)11-4-2-6-17-11/h1-7H. The van der Waals surface area contributed by atoms with Gasteiger partial charge in [-0.2, -0.15) is 0 Å². The number of rotatable bonds is 2. The molecule has 0 bridgehead atoms. The van der Waals surface area contributed by atoms with Gasteiger partial charge in [-0.15, -0.1) is 22.7 Å². The lowest BCUT2D eigenvalue weighted by molar-refractivity contribution is 1.19. The molecule has 0 aliphatic rings. The molecule has 0 saturated heterocycles. The maximum Gasteiger partial charge on any atom is 0.223 e. The summed E-state index contributed by atoms with van der Waals surface area (Å²) >= 11 is 9.26. The molecule has 2 nitrogen and oxygen atoms in total. The summed E-state index contributed by atoms with van der Waals surface area (Å²) in [5.74, 6) is 0. The van der Waals surface area contributed by atoms with Crippen LogP contribution in [0.5, 0.6) is 0 Å². The molecule has 0 aromatic carbocycles. The van der Waals surface area contributed by atoms with Gasteiger partial charge in [0.1, 0.15) is 0 Å². The van der Waals surface area contributed by atoms with E-state index >= 15 is 0 Å². The monoisotopic (exact) mass is 278 g/mol. The van der Waals surface area contributed by atoms with Crippen LogP contribution in [-0.4, -0.2) is 9.97 Å². The highest BCUT2D eigenvalue weighted by Crippen LogP contribution is 2.29. The molecule has 0 amide bonds. The Labute approximate surface area is 112 Å². The van der Waals surface area contributed by atoms with Crippen molar-refractivity contribution in [3.05, 3.63) is 46.4 Å². The fourth-order valence-corrected chi connectivity index (χ4v) is 3.07. The average molecular weight is 279 g/mol. The van der Waals surface area contributed by atoms with Crippen LogP contribution in [0.15, 0.2) is 41.1 Å². The van der Waals surface area contributed by atoms with Gasteiger partial charge in [0, 0.05) is 0 Å². The highest BCUT2D eigenvalue weighted by Gasteiger charge is 2.08. The average Bonchev–Trinajstić information content (AvgIpc) is 3.02. The molecule has 84 valence electrons. The Balaban J connectivity index is 2.13. The maximum atomic E-state index is 5.97. The van der Waals surface area contributed by atoms with Crippen LogP contribution in [0, 0.1) is 0 Å². The van der Waals surface area contributed by atoms with E-state index in [9.17, 15) is 0 Å². The molecule has 17 heavy (non-hydrogen) atoms. The van der Waals surface area contributed by atoms with Gasteiger partial charge < -0.3 is 0 Å². The fourth-order valence-electron chi connectivity index (χ4n) is 1.52. The van der Waals surface area contributed by atoms with Gasteiger partial charge in [0.2, 0.25) is 5.28 Å². The first-order valence-corrected chi connectivity index (χ1v) is 7.09. The minimum atomic E-state index is 0.291. The molecule has 0 atom stereocenters. The van der Waals surface area contributed by atoms with E-state index in [0.29, 0.717) is 5.28 Å². The molecule has 0 spiro atoms. The molecule has 0 N–H and O–H groups in total. The van der Waals surface area contributed by atoms with Crippen molar-refractivity contribution in [2.75, 3.05) is 0 Å². The zero-order valence-electron chi connectivity index (χ0n) is 8.63. The van der Waals surface area contributed by atoms with Crippen molar-refractivity contribution in [1.82, 2.24) is 9.97 Å². The minimum absolute atomic E-state index is 0.291. The third-order valence-corrected chi connectivity index (χ3v) is 4.20. The second-order valence-corrected chi connectivity index (χ2v) is 5.60. The number of halogens is 1. The van der Waals surface area contributed by atoms with Gasteiger partial charge in [-0.05, 0) is 40.6 Å². The number of nitrogens with zero attached hydrogens (tertiary/aromatic N) is 2. The maximum absolute atomic E-state index is 5.97. The van der Waals surface area contributed by atoms with Crippen LogP contribution in [0.2, 0.25) is 5.28 Å². The zero-order valence-corrected chi connectivity index (χ0v) is 11.0. The van der Waals surface area contributed by atoms with Crippen molar-refractivity contribution in [3.8, 4) is 21.1 Å². The Morgan fingerprint density at radius 3 is 1.82 bits per heavy atom. The van der Waals surface area contributed by atoms with Crippen LogP contribution >= 0.6 is 34.3 Å². The molecule has 3 aromatic heterocycles. The van der Waals surface area contributed by atoms with E-state index in [1.807, 2.05) is 41.1 Å². The Morgan fingerprint density at radius 1 is 0.882 bits per heavy atom. The van der Waals surface area contributed by atoms with E-state index in [-0.39, 0.29) is 0 Å². The van der Waals surface area contributed by atoms with Crippen LogP contribution in [0.4, 0.5) is 0 Å². The van der Waals surface area contributed by atoms with Crippen molar-refractivity contribution in [3.63, 3.8) is 0 Å². The molecule has 0 fully saturated rings. The van der Waals surface area contributed by atoms with Crippen molar-refractivity contribution in [1.29, 1.82) is 0 Å². The lowest BCUT2D eigenvalue weighted by Crippen LogP contribution is -1.88. The van der Waals surface area contributed by atoms with Gasteiger partial charge in [0.15, 0.2) is 0 Å². The first-order chi connectivity index (χ1) is 8.33. The van der Waals surface area contributed by atoms with Gasteiger partial charge in [0.25, 0.3) is 0 Å². The summed E-state index contributed by atoms with van der Waals surface area (Å²) < 4.78 is 0. The van der Waals surface area contributed by atoms with Crippen LogP contribution < -0.4 is 0 Å². The Morgan fingerprint density at radius 2 is 1.41 bits per heavy atom. The largest absolute Gasteiger partial charge is 0.223 e. The first-order valence-electron chi connectivity index (χ1n) is 4.95. The molecule has 3 heterocycles. The Hall–Kier alpha value is -1.23. The van der Waals surface area contributed by atoms with Crippen molar-refractivity contribution in [2.24, 2.45) is 0 Å². The summed E-state index contributed by atoms with van der Waals surface area (Å²) in [5, 5.41) is 4.34. The van der Waals surface area contributed by atoms with Crippen molar-refractivity contribution in [2.45, 2.75) is 0 Å². The smallest absolute Gasteiger partial charge is 0.217 e. The SMILES string of the molecule is Clc1nc(-c2cccs2)cc(-c2cccs2)n1. The zero-order chi connectivity index (χ0) is 11.7. The summed E-state index contributed by atoms with van der Waals surface area (Å²) in [4.78, 5) is 10.7. The second-order valence-electron chi connectivity index (χ2n) is 3.36. The first kappa shape index (κ1) is 10.9. The molecule has 0 saturated carbocycles. The highest BCUT2D eigenvalue weighted by atomic mass is 35.5. The predicted molar refractivity (Wildman–Crippen MR) is 73.7 cm³/mol. The van der Waals surface area contributed by atoms with E-state index in [1.165, 1.54) is 0 Å². The lowest BCUT2D eigenvalue weighted by Gasteiger charge is -2.01. The summed E-state index contributed by atoms with van der Waals surface area (Å²) in [7, 11) is 0. The molecule has 0 aliphatic carbocycles. The molecular weight excluding hydrogens is 272 g/mol. The summed E-state index contributed by atoms with van der Waals surface area (Å²) in [6, 6.07) is 10.0. The molecule has 0 radical (unpaired) electrons. The van der Waals surface area contributed by atoms with Gasteiger partial charge in [-0.3, -0.25) is 0 Å². The Bertz CT molecular complexity index is 566. The fraction of sp³-hybridized carbons (Fsp3) is 0. The number of hydrogen-bond acceptors (Lipinski definition) is 4. The highest BCUT2D eigenvalue weighted by molar-refractivity contribution is 7.14. The molecular formula is C12H7ClN2S2. The third-order valence-electron chi connectivity index (χ3n) is 2.25. The second kappa shape index (κ2) is 4.56. The summed E-state index contributed by atoms with van der Waals surface area (Å²) in [5.41, 5.74) is 1.76. The molecule has 0 aliphatic heterocycles. The quantitative estimate of drug-likeness (QED) is 0.641. The summed E-state index contributed by atoms with van der Waals surface area (Å²) in [6.45, 7) is 0. The molecule has 5 heteroatoms. The minimum Gasteiger partial charge on any atom is -0.217 e. The molecule has 0 unspecified atom stereocenters. The molecule has 3 rings (SSSR count). The molecule has 3 aromatic rings. The van der Waals surface area contributed by atoms with Gasteiger partial charge >= 0.3 is 0 Å². The number of aromatic nitrogens is 2. The van der Waals surface area contributed by atoms with Crippen LogP contribution in [0.3, 0.4) is 0 Å². The van der Waals surface area contributed by atoms with Crippen LogP contribution in [0.1, 0.15) is 0 Å². The third kappa shape index (κ3) is 2.24. The van der Waals surface area contributed by atoms with Crippen LogP contribution in [-0.2, 0) is 0 Å². The number of hydrogen-bond donors (Lipinski definition) is 0.